The topological polar surface area (TPSA) is 28.4 Å². The lowest BCUT2D eigenvalue weighted by Crippen LogP contribution is -2.39. The predicted molar refractivity (Wildman–Crippen MR) is 114 cm³/mol. The Morgan fingerprint density at radius 1 is 1.00 bits per heavy atom. The SMILES string of the molecule is C[C@@H]1C[C@H](C)CN(c2ccc3c(ccn3-c3cccc(Cl)c3Cl)c2CO)C1. The van der Waals surface area contributed by atoms with Gasteiger partial charge in [0.05, 0.1) is 27.9 Å². The first-order chi connectivity index (χ1) is 13.0. The van der Waals surface area contributed by atoms with Gasteiger partial charge >= 0.3 is 0 Å². The van der Waals surface area contributed by atoms with Crippen LogP contribution >= 0.6 is 23.2 Å². The molecule has 0 amide bonds. The molecule has 1 aromatic heterocycles. The highest BCUT2D eigenvalue weighted by Crippen LogP contribution is 2.36. The molecule has 4 rings (SSSR count). The fraction of sp³-hybridized carbons (Fsp3) is 0.364. The number of hydrogen-bond donors (Lipinski definition) is 1. The second-order valence-corrected chi connectivity index (χ2v) is 8.55. The van der Waals surface area contributed by atoms with Crippen molar-refractivity contribution in [3.05, 3.63) is 58.2 Å². The zero-order chi connectivity index (χ0) is 19.1. The number of rotatable bonds is 3. The smallest absolute Gasteiger partial charge is 0.0832 e. The third-order valence-corrected chi connectivity index (χ3v) is 6.33. The number of anilines is 1. The summed E-state index contributed by atoms with van der Waals surface area (Å²) in [6, 6.07) is 11.9. The van der Waals surface area contributed by atoms with Crippen molar-refractivity contribution in [3.63, 3.8) is 0 Å². The Kier molecular flexibility index (Phi) is 5.11. The summed E-state index contributed by atoms with van der Waals surface area (Å²) >= 11 is 12.6. The number of aromatic nitrogens is 1. The maximum atomic E-state index is 10.2. The lowest BCUT2D eigenvalue weighted by Gasteiger charge is -2.37. The second-order valence-electron chi connectivity index (χ2n) is 7.76. The lowest BCUT2D eigenvalue weighted by atomic mass is 9.91. The van der Waals surface area contributed by atoms with E-state index in [1.54, 1.807) is 6.07 Å². The molecule has 1 aliphatic rings. The number of fused-ring (bicyclic) bond motifs is 1. The van der Waals surface area contributed by atoms with Crippen molar-refractivity contribution in [2.24, 2.45) is 11.8 Å². The fourth-order valence-corrected chi connectivity index (χ4v) is 4.86. The van der Waals surface area contributed by atoms with E-state index in [0.29, 0.717) is 21.9 Å². The Balaban J connectivity index is 1.83. The van der Waals surface area contributed by atoms with E-state index in [1.807, 2.05) is 22.9 Å². The van der Waals surface area contributed by atoms with E-state index >= 15 is 0 Å². The van der Waals surface area contributed by atoms with Crippen LogP contribution in [0.15, 0.2) is 42.6 Å². The van der Waals surface area contributed by atoms with Crippen LogP contribution in [0.1, 0.15) is 25.8 Å². The fourth-order valence-electron chi connectivity index (χ4n) is 4.48. The number of nitrogens with zero attached hydrogens (tertiary/aromatic N) is 2. The van der Waals surface area contributed by atoms with Gasteiger partial charge in [0, 0.05) is 35.9 Å². The first kappa shape index (κ1) is 18.7. The van der Waals surface area contributed by atoms with Crippen molar-refractivity contribution < 1.29 is 5.11 Å². The van der Waals surface area contributed by atoms with Crippen LogP contribution in [-0.4, -0.2) is 22.8 Å². The van der Waals surface area contributed by atoms with Crippen LogP contribution in [-0.2, 0) is 6.61 Å². The Bertz CT molecular complexity index is 972. The van der Waals surface area contributed by atoms with E-state index in [9.17, 15) is 5.11 Å². The highest BCUT2D eigenvalue weighted by molar-refractivity contribution is 6.43. The van der Waals surface area contributed by atoms with E-state index in [0.717, 1.165) is 40.9 Å². The molecule has 1 fully saturated rings. The molecule has 0 unspecified atom stereocenters. The molecule has 0 aliphatic carbocycles. The minimum absolute atomic E-state index is 0.0131. The third kappa shape index (κ3) is 3.33. The largest absolute Gasteiger partial charge is 0.392 e. The number of aliphatic hydroxyl groups is 1. The van der Waals surface area contributed by atoms with Crippen LogP contribution in [0, 0.1) is 11.8 Å². The molecule has 0 spiro atoms. The molecular weight excluding hydrogens is 379 g/mol. The zero-order valence-corrected chi connectivity index (χ0v) is 17.1. The number of hydrogen-bond acceptors (Lipinski definition) is 2. The molecule has 0 radical (unpaired) electrons. The summed E-state index contributed by atoms with van der Waals surface area (Å²) in [5.41, 5.74) is 3.98. The Morgan fingerprint density at radius 2 is 1.74 bits per heavy atom. The zero-order valence-electron chi connectivity index (χ0n) is 15.6. The molecule has 1 N–H and O–H groups in total. The number of aliphatic hydroxyl groups excluding tert-OH is 1. The highest BCUT2D eigenvalue weighted by atomic mass is 35.5. The van der Waals surface area contributed by atoms with Crippen molar-refractivity contribution in [2.45, 2.75) is 26.9 Å². The molecule has 3 nitrogen and oxygen atoms in total. The standard InChI is InChI=1S/C22H24Cl2N2O/c1-14-10-15(2)12-25(11-14)19-6-7-20-16(17(19)13-27)8-9-26(20)21-5-3-4-18(23)22(21)24/h3-9,14-15,27H,10-13H2,1-2H3/t14-,15+. The third-order valence-electron chi connectivity index (χ3n) is 5.52. The van der Waals surface area contributed by atoms with Crippen LogP contribution < -0.4 is 4.90 Å². The summed E-state index contributed by atoms with van der Waals surface area (Å²) < 4.78 is 2.04. The molecular formula is C22H24Cl2N2O. The van der Waals surface area contributed by atoms with Crippen LogP contribution in [0.5, 0.6) is 0 Å². The van der Waals surface area contributed by atoms with Crippen LogP contribution in [0.4, 0.5) is 5.69 Å². The van der Waals surface area contributed by atoms with Gasteiger partial charge < -0.3 is 14.6 Å². The summed E-state index contributed by atoms with van der Waals surface area (Å²) in [5, 5.41) is 12.3. The van der Waals surface area contributed by atoms with Crippen LogP contribution in [0.25, 0.3) is 16.6 Å². The Morgan fingerprint density at radius 3 is 2.44 bits per heavy atom. The van der Waals surface area contributed by atoms with E-state index in [4.69, 9.17) is 23.2 Å². The first-order valence-corrected chi connectivity index (χ1v) is 10.2. The molecule has 2 atom stereocenters. The predicted octanol–water partition coefficient (Wildman–Crippen LogP) is 5.91. The quantitative estimate of drug-likeness (QED) is 0.589. The molecule has 2 aromatic carbocycles. The van der Waals surface area contributed by atoms with Crippen molar-refractivity contribution >= 4 is 39.8 Å². The highest BCUT2D eigenvalue weighted by Gasteiger charge is 2.24. The van der Waals surface area contributed by atoms with Gasteiger partial charge in [-0.2, -0.15) is 0 Å². The minimum atomic E-state index is 0.0131. The molecule has 3 aromatic rings. The molecule has 1 aliphatic heterocycles. The minimum Gasteiger partial charge on any atom is -0.392 e. The summed E-state index contributed by atoms with van der Waals surface area (Å²) in [5.74, 6) is 1.32. The van der Waals surface area contributed by atoms with Crippen molar-refractivity contribution in [1.29, 1.82) is 0 Å². The van der Waals surface area contributed by atoms with Gasteiger partial charge in [0.1, 0.15) is 0 Å². The molecule has 27 heavy (non-hydrogen) atoms. The van der Waals surface area contributed by atoms with E-state index < -0.39 is 0 Å². The second kappa shape index (κ2) is 7.38. The maximum Gasteiger partial charge on any atom is 0.0832 e. The van der Waals surface area contributed by atoms with Gasteiger partial charge in [-0.25, -0.2) is 0 Å². The Hall–Kier alpha value is -1.68. The lowest BCUT2D eigenvalue weighted by molar-refractivity contribution is 0.282. The van der Waals surface area contributed by atoms with Crippen molar-refractivity contribution in [2.75, 3.05) is 18.0 Å². The molecule has 1 saturated heterocycles. The average Bonchev–Trinajstić information content (AvgIpc) is 3.06. The monoisotopic (exact) mass is 402 g/mol. The van der Waals surface area contributed by atoms with E-state index in [1.165, 1.54) is 6.42 Å². The molecule has 0 saturated carbocycles. The summed E-state index contributed by atoms with van der Waals surface area (Å²) in [6.07, 6.45) is 3.25. The summed E-state index contributed by atoms with van der Waals surface area (Å²) in [7, 11) is 0. The number of benzene rings is 2. The van der Waals surface area contributed by atoms with Crippen molar-refractivity contribution in [1.82, 2.24) is 4.57 Å². The maximum absolute atomic E-state index is 10.2. The van der Waals surface area contributed by atoms with Crippen molar-refractivity contribution in [3.8, 4) is 5.69 Å². The van der Waals surface area contributed by atoms with Crippen LogP contribution in [0.3, 0.4) is 0 Å². The number of piperidine rings is 1. The summed E-state index contributed by atoms with van der Waals surface area (Å²) in [4.78, 5) is 2.42. The van der Waals surface area contributed by atoms with Gasteiger partial charge in [0.2, 0.25) is 0 Å². The first-order valence-electron chi connectivity index (χ1n) is 9.42. The van der Waals surface area contributed by atoms with Gasteiger partial charge in [-0.05, 0) is 48.6 Å². The molecule has 5 heteroatoms. The normalized spacial score (nSPS) is 20.4. The molecule has 2 heterocycles. The molecule has 142 valence electrons. The van der Waals surface area contributed by atoms with E-state index in [2.05, 4.69) is 36.9 Å². The van der Waals surface area contributed by atoms with E-state index in [-0.39, 0.29) is 6.61 Å². The molecule has 0 bridgehead atoms. The van der Waals surface area contributed by atoms with Crippen LogP contribution in [0.2, 0.25) is 10.0 Å². The van der Waals surface area contributed by atoms with Gasteiger partial charge in [-0.15, -0.1) is 0 Å². The van der Waals surface area contributed by atoms with Gasteiger partial charge in [-0.3, -0.25) is 0 Å². The average molecular weight is 403 g/mol. The van der Waals surface area contributed by atoms with Gasteiger partial charge in [-0.1, -0.05) is 43.1 Å². The Labute approximate surface area is 170 Å². The number of halogens is 2. The van der Waals surface area contributed by atoms with Gasteiger partial charge in [0.15, 0.2) is 0 Å². The van der Waals surface area contributed by atoms with Gasteiger partial charge in [0.25, 0.3) is 0 Å². The summed E-state index contributed by atoms with van der Waals surface area (Å²) in [6.45, 7) is 6.68.